The molecule has 29 heavy (non-hydrogen) atoms. The molecule has 4 bridgehead atoms. The van der Waals surface area contributed by atoms with Crippen LogP contribution in [0.4, 0.5) is 4.79 Å². The number of rotatable bonds is 5. The number of hydrogen-bond donors (Lipinski definition) is 2. The van der Waals surface area contributed by atoms with Gasteiger partial charge in [0.15, 0.2) is 0 Å². The van der Waals surface area contributed by atoms with E-state index in [9.17, 15) is 9.59 Å². The molecule has 4 fully saturated rings. The van der Waals surface area contributed by atoms with Crippen LogP contribution >= 0.6 is 0 Å². The summed E-state index contributed by atoms with van der Waals surface area (Å²) in [5.74, 6) is 3.17. The number of hydrogen-bond acceptors (Lipinski definition) is 3. The molecular formula is C23H30N4O2. The average Bonchev–Trinajstić information content (AvgIpc) is 2.69. The lowest BCUT2D eigenvalue weighted by Crippen LogP contribution is -2.52. The van der Waals surface area contributed by atoms with Gasteiger partial charge in [0, 0.05) is 13.1 Å². The number of carbonyl (C=O) groups is 1. The van der Waals surface area contributed by atoms with Gasteiger partial charge in [-0.2, -0.15) is 0 Å². The molecule has 0 radical (unpaired) electrons. The quantitative estimate of drug-likeness (QED) is 0.812. The van der Waals surface area contributed by atoms with E-state index in [2.05, 4.69) is 15.3 Å². The van der Waals surface area contributed by atoms with E-state index in [0.29, 0.717) is 35.2 Å². The number of nitrogens with zero attached hydrogens (tertiary/aromatic N) is 2. The summed E-state index contributed by atoms with van der Waals surface area (Å²) in [4.78, 5) is 34.3. The number of H-pyrrole nitrogens is 1. The standard InChI is InChI=1S/C23H30N4O2/c1-2-27(13-20-25-19-6-4-3-5-18(19)21(28)26-20)22(29)24-14-23-10-15-7-16(11-23)9-17(8-15)12-23/h3-6,15-17H,2,7-14H2,1H3,(H,24,29)(H,25,26,28). The number of benzene rings is 1. The normalized spacial score (nSPS) is 29.9. The lowest BCUT2D eigenvalue weighted by Gasteiger charge is -2.57. The second-order valence-electron chi connectivity index (χ2n) is 9.62. The highest BCUT2D eigenvalue weighted by Gasteiger charge is 2.50. The fourth-order valence-corrected chi connectivity index (χ4v) is 6.60. The summed E-state index contributed by atoms with van der Waals surface area (Å²) < 4.78 is 0. The first kappa shape index (κ1) is 18.6. The van der Waals surface area contributed by atoms with Crippen LogP contribution < -0.4 is 10.9 Å². The largest absolute Gasteiger partial charge is 0.337 e. The van der Waals surface area contributed by atoms with Crippen molar-refractivity contribution in [3.63, 3.8) is 0 Å². The third-order valence-electron chi connectivity index (χ3n) is 7.45. The highest BCUT2D eigenvalue weighted by Crippen LogP contribution is 2.59. The zero-order valence-corrected chi connectivity index (χ0v) is 17.1. The van der Waals surface area contributed by atoms with Crippen molar-refractivity contribution >= 4 is 16.9 Å². The molecule has 6 rings (SSSR count). The van der Waals surface area contributed by atoms with E-state index in [0.717, 1.165) is 24.3 Å². The summed E-state index contributed by atoms with van der Waals surface area (Å²) >= 11 is 0. The van der Waals surface area contributed by atoms with Crippen LogP contribution in [-0.2, 0) is 6.54 Å². The van der Waals surface area contributed by atoms with Gasteiger partial charge in [0.1, 0.15) is 5.82 Å². The van der Waals surface area contributed by atoms with Crippen molar-refractivity contribution < 1.29 is 4.79 Å². The molecule has 0 saturated heterocycles. The van der Waals surface area contributed by atoms with E-state index >= 15 is 0 Å². The first-order valence-corrected chi connectivity index (χ1v) is 11.0. The van der Waals surface area contributed by atoms with E-state index in [1.54, 1.807) is 11.0 Å². The number of nitrogens with one attached hydrogen (secondary N) is 2. The Morgan fingerprint density at radius 3 is 2.48 bits per heavy atom. The Morgan fingerprint density at radius 2 is 1.83 bits per heavy atom. The van der Waals surface area contributed by atoms with Gasteiger partial charge in [0.25, 0.3) is 5.56 Å². The van der Waals surface area contributed by atoms with E-state index in [1.807, 2.05) is 25.1 Å². The smallest absolute Gasteiger partial charge is 0.317 e. The number of aromatic amines is 1. The fraction of sp³-hybridized carbons (Fsp3) is 0.609. The lowest BCUT2D eigenvalue weighted by atomic mass is 9.49. The van der Waals surface area contributed by atoms with Crippen molar-refractivity contribution in [1.82, 2.24) is 20.2 Å². The molecule has 2 aromatic rings. The Hall–Kier alpha value is -2.37. The summed E-state index contributed by atoms with van der Waals surface area (Å²) in [5.41, 5.74) is 0.825. The molecule has 1 aromatic heterocycles. The van der Waals surface area contributed by atoms with Crippen molar-refractivity contribution in [3.05, 3.63) is 40.4 Å². The summed E-state index contributed by atoms with van der Waals surface area (Å²) in [6.45, 7) is 3.63. The average molecular weight is 395 g/mol. The molecule has 1 aromatic carbocycles. The van der Waals surface area contributed by atoms with Gasteiger partial charge in [0.2, 0.25) is 0 Å². The molecule has 4 aliphatic rings. The Kier molecular flexibility index (Phi) is 4.60. The Balaban J connectivity index is 1.26. The van der Waals surface area contributed by atoms with Crippen LogP contribution in [0.2, 0.25) is 0 Å². The van der Waals surface area contributed by atoms with Crippen LogP contribution in [0.5, 0.6) is 0 Å². The maximum atomic E-state index is 12.9. The van der Waals surface area contributed by atoms with E-state index < -0.39 is 0 Å². The minimum absolute atomic E-state index is 0.0564. The zero-order chi connectivity index (χ0) is 20.0. The van der Waals surface area contributed by atoms with Crippen molar-refractivity contribution in [3.8, 4) is 0 Å². The van der Waals surface area contributed by atoms with Gasteiger partial charge in [-0.1, -0.05) is 12.1 Å². The van der Waals surface area contributed by atoms with E-state index in [-0.39, 0.29) is 11.6 Å². The van der Waals surface area contributed by atoms with Crippen LogP contribution in [0.25, 0.3) is 10.9 Å². The van der Waals surface area contributed by atoms with Crippen LogP contribution in [0, 0.1) is 23.2 Å². The number of aromatic nitrogens is 2. The van der Waals surface area contributed by atoms with Gasteiger partial charge in [0.05, 0.1) is 17.4 Å². The van der Waals surface area contributed by atoms with Crippen molar-refractivity contribution in [2.75, 3.05) is 13.1 Å². The number of para-hydroxylation sites is 1. The van der Waals surface area contributed by atoms with Gasteiger partial charge in [-0.3, -0.25) is 4.79 Å². The minimum Gasteiger partial charge on any atom is -0.337 e. The monoisotopic (exact) mass is 394 g/mol. The molecule has 0 unspecified atom stereocenters. The molecule has 6 nitrogen and oxygen atoms in total. The number of urea groups is 1. The van der Waals surface area contributed by atoms with Gasteiger partial charge >= 0.3 is 6.03 Å². The van der Waals surface area contributed by atoms with Crippen molar-refractivity contribution in [2.24, 2.45) is 23.2 Å². The Bertz CT molecular complexity index is 947. The zero-order valence-electron chi connectivity index (χ0n) is 17.1. The van der Waals surface area contributed by atoms with Gasteiger partial charge in [-0.25, -0.2) is 9.78 Å². The molecule has 2 amide bonds. The third kappa shape index (κ3) is 3.53. The van der Waals surface area contributed by atoms with Crippen LogP contribution in [0.3, 0.4) is 0 Å². The molecule has 1 heterocycles. The summed E-state index contributed by atoms with van der Waals surface area (Å²) in [6, 6.07) is 7.24. The lowest BCUT2D eigenvalue weighted by molar-refractivity contribution is -0.0502. The molecule has 4 saturated carbocycles. The predicted octanol–water partition coefficient (Wildman–Crippen LogP) is 3.67. The molecule has 0 spiro atoms. The summed E-state index contributed by atoms with van der Waals surface area (Å²) in [6.07, 6.45) is 8.08. The molecule has 154 valence electrons. The molecule has 0 aliphatic heterocycles. The number of amides is 2. The maximum absolute atomic E-state index is 12.9. The molecular weight excluding hydrogens is 364 g/mol. The van der Waals surface area contributed by atoms with Crippen LogP contribution in [0.15, 0.2) is 29.1 Å². The molecule has 2 N–H and O–H groups in total. The van der Waals surface area contributed by atoms with Crippen molar-refractivity contribution in [2.45, 2.75) is 52.0 Å². The van der Waals surface area contributed by atoms with Crippen LogP contribution in [-0.4, -0.2) is 34.0 Å². The van der Waals surface area contributed by atoms with Crippen molar-refractivity contribution in [1.29, 1.82) is 0 Å². The fourth-order valence-electron chi connectivity index (χ4n) is 6.60. The molecule has 4 aliphatic carbocycles. The van der Waals surface area contributed by atoms with Gasteiger partial charge in [-0.15, -0.1) is 0 Å². The highest BCUT2D eigenvalue weighted by atomic mass is 16.2. The number of carbonyl (C=O) groups excluding carboxylic acids is 1. The van der Waals surface area contributed by atoms with Crippen LogP contribution in [0.1, 0.15) is 51.3 Å². The first-order valence-electron chi connectivity index (χ1n) is 11.0. The van der Waals surface area contributed by atoms with Gasteiger partial charge in [-0.05, 0) is 80.8 Å². The predicted molar refractivity (Wildman–Crippen MR) is 112 cm³/mol. The molecule has 0 atom stereocenters. The SMILES string of the molecule is CCN(Cc1nc2ccccc2c(=O)[nH]1)C(=O)NCC12CC3CC(CC(C3)C1)C2. The third-order valence-corrected chi connectivity index (χ3v) is 7.45. The van der Waals surface area contributed by atoms with E-state index in [1.165, 1.54) is 38.5 Å². The maximum Gasteiger partial charge on any atom is 0.317 e. The van der Waals surface area contributed by atoms with Gasteiger partial charge < -0.3 is 15.2 Å². The Labute approximate surface area is 171 Å². The minimum atomic E-state index is -0.157. The second-order valence-corrected chi connectivity index (χ2v) is 9.62. The summed E-state index contributed by atoms with van der Waals surface area (Å²) in [7, 11) is 0. The topological polar surface area (TPSA) is 78.1 Å². The summed E-state index contributed by atoms with van der Waals surface area (Å²) in [5, 5.41) is 3.80. The van der Waals surface area contributed by atoms with E-state index in [4.69, 9.17) is 0 Å². The molecule has 6 heteroatoms. The number of fused-ring (bicyclic) bond motifs is 1. The Morgan fingerprint density at radius 1 is 1.17 bits per heavy atom. The highest BCUT2D eigenvalue weighted by molar-refractivity contribution is 5.77. The second kappa shape index (κ2) is 7.15. The first-order chi connectivity index (χ1) is 14.0.